The third-order valence-electron chi connectivity index (χ3n) is 15.5. The number of aromatic hydroxyl groups is 2. The van der Waals surface area contributed by atoms with Crippen LogP contribution in [0.1, 0.15) is 108 Å². The van der Waals surface area contributed by atoms with Gasteiger partial charge in [-0.15, -0.1) is 0 Å². The lowest BCUT2D eigenvalue weighted by Crippen LogP contribution is -2.28. The van der Waals surface area contributed by atoms with E-state index in [-0.39, 0.29) is 11.5 Å². The number of ether oxygens (including phenoxy) is 2. The predicted molar refractivity (Wildman–Crippen MR) is 344 cm³/mol. The average Bonchev–Trinajstić information content (AvgIpc) is 3.42. The van der Waals surface area contributed by atoms with Gasteiger partial charge in [-0.3, -0.25) is 0 Å². The number of benzene rings is 10. The second-order valence-corrected chi connectivity index (χ2v) is 20.1. The molecule has 2 aliphatic carbocycles. The summed E-state index contributed by atoms with van der Waals surface area (Å²) in [6, 6.07) is 83.8. The van der Waals surface area contributed by atoms with Gasteiger partial charge in [0.05, 0.1) is 10.8 Å². The molecule has 2 aliphatic rings. The minimum atomic E-state index is -0.491. The van der Waals surface area contributed by atoms with E-state index in [0.29, 0.717) is 13.2 Å². The molecule has 0 bridgehead atoms. The predicted octanol–water partition coefficient (Wildman–Crippen LogP) is 19.3. The van der Waals surface area contributed by atoms with Gasteiger partial charge in [0.1, 0.15) is 36.2 Å². The van der Waals surface area contributed by atoms with Crippen LogP contribution >= 0.6 is 0 Å². The number of hydrogen-bond donors (Lipinski definition) is 2. The normalized spacial score (nSPS) is 12.2. The molecule has 2 N–H and O–H groups in total. The zero-order valence-electron chi connectivity index (χ0n) is 48.6. The van der Waals surface area contributed by atoms with Crippen molar-refractivity contribution in [3.05, 3.63) is 335 Å². The highest BCUT2D eigenvalue weighted by atomic mass is 16.5. The van der Waals surface area contributed by atoms with Crippen molar-refractivity contribution in [1.82, 2.24) is 0 Å². The molecule has 10 aromatic carbocycles. The van der Waals surface area contributed by atoms with Crippen LogP contribution in [0.2, 0.25) is 0 Å². The van der Waals surface area contributed by atoms with Crippen molar-refractivity contribution in [2.45, 2.75) is 78.1 Å². The minimum Gasteiger partial charge on any atom is -0.508 e. The van der Waals surface area contributed by atoms with Crippen LogP contribution in [0.25, 0.3) is 22.3 Å². The Morgan fingerprint density at radius 1 is 0.317 bits per heavy atom. The quantitative estimate of drug-likeness (QED) is 0.107. The standard InChI is InChI=1S/C31H26O2.C25H18O2.2C10H14.C2H6/c1-3-21-32-25-17-13-23(14-18-25)31(24-15-19-26(20-16-24)33-22-4-2)29-11-7-5-9-27(29)28-10-6-8-12-30(28)31;26-19-13-9-17(10-14-19)25(18-11-15-20(27)16-12-18)23-7-3-1-5-21(23)22-6-2-4-8-24(22)25;2*1-3-9-5-7-10(4-2)8-6-9;1-2/h3-20H,1-2,21-22H2;1-16,26-27H;2*5-8H,3-4H2,1-2H3;1-2H3. The first-order valence-corrected chi connectivity index (χ1v) is 29.0. The molecule has 82 heavy (non-hydrogen) atoms. The Hall–Kier alpha value is -9.12. The van der Waals surface area contributed by atoms with Crippen molar-refractivity contribution in [3.8, 4) is 45.3 Å². The van der Waals surface area contributed by atoms with Crippen molar-refractivity contribution in [1.29, 1.82) is 0 Å². The molecule has 4 heteroatoms. The SMILES string of the molecule is C=CCOc1ccc(C2(c3ccc(OCC=C)cc3)c3ccccc3-c3ccccc32)cc1.CC.CCc1ccc(CC)cc1.CCc1ccc(CC)cc1.Oc1ccc(C2(c3ccc(O)cc3)c3ccccc3-c3ccccc32)cc1. The smallest absolute Gasteiger partial charge is 0.119 e. The van der Waals surface area contributed by atoms with Gasteiger partial charge in [-0.25, -0.2) is 0 Å². The van der Waals surface area contributed by atoms with Gasteiger partial charge < -0.3 is 19.7 Å². The van der Waals surface area contributed by atoms with Gasteiger partial charge in [0.2, 0.25) is 0 Å². The van der Waals surface area contributed by atoms with Crippen molar-refractivity contribution in [2.75, 3.05) is 13.2 Å². The Labute approximate surface area is 488 Å². The maximum absolute atomic E-state index is 9.85. The second-order valence-electron chi connectivity index (χ2n) is 20.1. The summed E-state index contributed by atoms with van der Waals surface area (Å²) >= 11 is 0. The third-order valence-corrected chi connectivity index (χ3v) is 15.5. The molecule has 4 nitrogen and oxygen atoms in total. The van der Waals surface area contributed by atoms with Crippen LogP contribution < -0.4 is 9.47 Å². The van der Waals surface area contributed by atoms with Gasteiger partial charge in [0.25, 0.3) is 0 Å². The number of aryl methyl sites for hydroxylation is 4. The third kappa shape index (κ3) is 12.4. The number of fused-ring (bicyclic) bond motifs is 6. The fourth-order valence-corrected chi connectivity index (χ4v) is 11.4. The highest BCUT2D eigenvalue weighted by Gasteiger charge is 2.47. The van der Waals surface area contributed by atoms with E-state index in [1.54, 1.807) is 36.4 Å². The molecule has 0 saturated carbocycles. The van der Waals surface area contributed by atoms with E-state index in [1.807, 2.05) is 62.4 Å². The molecule has 0 aliphatic heterocycles. The van der Waals surface area contributed by atoms with Crippen LogP contribution in [-0.2, 0) is 36.5 Å². The molecule has 0 aromatic heterocycles. The van der Waals surface area contributed by atoms with Crippen LogP contribution in [0.4, 0.5) is 0 Å². The first kappa shape index (κ1) is 59.0. The molecule has 0 saturated heterocycles. The van der Waals surface area contributed by atoms with Gasteiger partial charge >= 0.3 is 0 Å². The van der Waals surface area contributed by atoms with Gasteiger partial charge in [0, 0.05) is 0 Å². The summed E-state index contributed by atoms with van der Waals surface area (Å²) in [5.41, 5.74) is 19.3. The molecule has 0 radical (unpaired) electrons. The van der Waals surface area contributed by atoms with Crippen molar-refractivity contribution >= 4 is 0 Å². The number of phenols is 2. The van der Waals surface area contributed by atoms with Crippen molar-refractivity contribution in [2.24, 2.45) is 0 Å². The summed E-state index contributed by atoms with van der Waals surface area (Å²) < 4.78 is 11.5. The molecular weight excluding hydrogens is 1000 g/mol. The summed E-state index contributed by atoms with van der Waals surface area (Å²) in [6.45, 7) is 21.2. The molecule has 10 aromatic rings. The molecule has 414 valence electrons. The number of phenolic OH excluding ortho intramolecular Hbond substituents is 2. The van der Waals surface area contributed by atoms with Gasteiger partial charge in [-0.2, -0.15) is 0 Å². The molecule has 0 unspecified atom stereocenters. The molecule has 12 rings (SSSR count). The van der Waals surface area contributed by atoms with E-state index in [9.17, 15) is 10.2 Å². The Balaban J connectivity index is 0.000000159. The first-order chi connectivity index (χ1) is 40.2. The van der Waals surface area contributed by atoms with E-state index >= 15 is 0 Å². The highest BCUT2D eigenvalue weighted by molar-refractivity contribution is 5.87. The fourth-order valence-electron chi connectivity index (χ4n) is 11.4. The zero-order valence-corrected chi connectivity index (χ0v) is 48.6. The van der Waals surface area contributed by atoms with Crippen LogP contribution in [0.15, 0.2) is 268 Å². The fraction of sp³-hybridized carbons (Fsp3) is 0.179. The monoisotopic (exact) mass is 1080 g/mol. The zero-order chi connectivity index (χ0) is 57.9. The Morgan fingerprint density at radius 3 is 0.756 bits per heavy atom. The van der Waals surface area contributed by atoms with E-state index in [0.717, 1.165) is 48.3 Å². The molecule has 0 fully saturated rings. The van der Waals surface area contributed by atoms with Crippen LogP contribution in [0.5, 0.6) is 23.0 Å². The first-order valence-electron chi connectivity index (χ1n) is 29.0. The lowest BCUT2D eigenvalue weighted by molar-refractivity contribution is 0.363. The Bertz CT molecular complexity index is 3320. The van der Waals surface area contributed by atoms with E-state index in [2.05, 4.69) is 211 Å². The molecule has 0 amide bonds. The highest BCUT2D eigenvalue weighted by Crippen LogP contribution is 2.57. The number of hydrogen-bond acceptors (Lipinski definition) is 4. The number of rotatable bonds is 14. The topological polar surface area (TPSA) is 58.9 Å². The van der Waals surface area contributed by atoms with Crippen LogP contribution in [0.3, 0.4) is 0 Å². The summed E-state index contributed by atoms with van der Waals surface area (Å²) in [6.07, 6.45) is 8.09. The van der Waals surface area contributed by atoms with Crippen LogP contribution in [0, 0.1) is 0 Å². The second kappa shape index (κ2) is 28.3. The molecular formula is C78H78O4. The Morgan fingerprint density at radius 2 is 0.537 bits per heavy atom. The van der Waals surface area contributed by atoms with Gasteiger partial charge in [0.15, 0.2) is 0 Å². The van der Waals surface area contributed by atoms with Crippen LogP contribution in [-0.4, -0.2) is 23.4 Å². The maximum atomic E-state index is 9.85. The summed E-state index contributed by atoms with van der Waals surface area (Å²) in [4.78, 5) is 0. The summed E-state index contributed by atoms with van der Waals surface area (Å²) in [7, 11) is 0. The van der Waals surface area contributed by atoms with E-state index in [1.165, 1.54) is 77.9 Å². The summed E-state index contributed by atoms with van der Waals surface area (Å²) in [5, 5.41) is 19.7. The lowest BCUT2D eigenvalue weighted by Gasteiger charge is -2.34. The summed E-state index contributed by atoms with van der Waals surface area (Å²) in [5.74, 6) is 2.17. The average molecular weight is 1080 g/mol. The maximum Gasteiger partial charge on any atom is 0.119 e. The van der Waals surface area contributed by atoms with E-state index in [4.69, 9.17) is 9.47 Å². The van der Waals surface area contributed by atoms with E-state index < -0.39 is 10.8 Å². The Kier molecular flexibility index (Phi) is 20.4. The minimum absolute atomic E-state index is 0.249. The van der Waals surface area contributed by atoms with Crippen molar-refractivity contribution < 1.29 is 19.7 Å². The van der Waals surface area contributed by atoms with Gasteiger partial charge in [-0.1, -0.05) is 261 Å². The van der Waals surface area contributed by atoms with Crippen molar-refractivity contribution in [3.63, 3.8) is 0 Å². The largest absolute Gasteiger partial charge is 0.508 e. The van der Waals surface area contributed by atoms with Gasteiger partial charge in [-0.05, 0) is 163 Å². The molecule has 0 heterocycles. The molecule has 0 spiro atoms. The molecule has 0 atom stereocenters. The lowest BCUT2D eigenvalue weighted by atomic mass is 9.68.